The number of carbonyl (C=O) groups is 1. The molecule has 5 rings (SSSR count). The highest BCUT2D eigenvalue weighted by molar-refractivity contribution is 5.97. The number of aromatic nitrogens is 1. The lowest BCUT2D eigenvalue weighted by Crippen LogP contribution is -2.36. The molecule has 8 nitrogen and oxygen atoms in total. The monoisotopic (exact) mass is 454 g/mol. The number of benzene rings is 1. The molecule has 3 unspecified atom stereocenters. The number of nitrogens with one attached hydrogen (secondary N) is 1. The smallest absolute Gasteiger partial charge is 0.341 e. The van der Waals surface area contributed by atoms with E-state index in [4.69, 9.17) is 10.00 Å². The van der Waals surface area contributed by atoms with Crippen molar-refractivity contribution in [3.05, 3.63) is 33.9 Å². The SMILES string of the molecule is COc1c(N2CC3CCC(NCCC#N)C3C2)c(F)cc2c(=O)c(C(=O)O)cn(C3CC3)c12. The summed E-state index contributed by atoms with van der Waals surface area (Å²) in [7, 11) is 1.47. The van der Waals surface area contributed by atoms with Crippen LogP contribution in [0.25, 0.3) is 10.9 Å². The number of rotatable bonds is 7. The lowest BCUT2D eigenvalue weighted by Gasteiger charge is -2.26. The highest BCUT2D eigenvalue weighted by Gasteiger charge is 2.44. The molecule has 3 atom stereocenters. The van der Waals surface area contributed by atoms with Crippen LogP contribution in [0, 0.1) is 29.0 Å². The maximum Gasteiger partial charge on any atom is 0.341 e. The molecule has 33 heavy (non-hydrogen) atoms. The number of hydrogen-bond donors (Lipinski definition) is 2. The normalized spacial score (nSPS) is 24.2. The van der Waals surface area contributed by atoms with Crippen LogP contribution in [0.4, 0.5) is 10.1 Å². The van der Waals surface area contributed by atoms with Gasteiger partial charge in [0, 0.05) is 44.3 Å². The van der Waals surface area contributed by atoms with E-state index >= 15 is 4.39 Å². The number of carboxylic acids is 1. The number of aromatic carboxylic acids is 1. The van der Waals surface area contributed by atoms with E-state index in [2.05, 4.69) is 11.4 Å². The van der Waals surface area contributed by atoms with Gasteiger partial charge in [-0.25, -0.2) is 9.18 Å². The zero-order valence-electron chi connectivity index (χ0n) is 18.5. The molecule has 2 N–H and O–H groups in total. The van der Waals surface area contributed by atoms with E-state index in [1.165, 1.54) is 19.4 Å². The summed E-state index contributed by atoms with van der Waals surface area (Å²) in [5, 5.41) is 21.8. The lowest BCUT2D eigenvalue weighted by molar-refractivity contribution is 0.0695. The first-order valence-corrected chi connectivity index (χ1v) is 11.5. The molecular weight excluding hydrogens is 427 g/mol. The standard InChI is InChI=1S/C24H27FN4O4/c1-33-23-20-15(22(30)17(24(31)32)12-29(20)14-4-5-14)9-18(25)21(23)28-10-13-3-6-19(16(13)11-28)27-8-2-7-26/h9,12-14,16,19,27H,2-6,8,10-11H2,1H3,(H,31,32). The van der Waals surface area contributed by atoms with E-state index in [9.17, 15) is 14.7 Å². The van der Waals surface area contributed by atoms with Crippen LogP contribution in [0.15, 0.2) is 17.1 Å². The van der Waals surface area contributed by atoms with Gasteiger partial charge in [-0.1, -0.05) is 0 Å². The number of methoxy groups -OCH3 is 1. The first-order chi connectivity index (χ1) is 15.9. The Morgan fingerprint density at radius 3 is 2.79 bits per heavy atom. The molecule has 0 radical (unpaired) electrons. The Hall–Kier alpha value is -3.12. The van der Waals surface area contributed by atoms with E-state index in [0.717, 1.165) is 25.7 Å². The molecule has 1 saturated heterocycles. The van der Waals surface area contributed by atoms with Crippen LogP contribution >= 0.6 is 0 Å². The summed E-state index contributed by atoms with van der Waals surface area (Å²) in [4.78, 5) is 26.5. The third kappa shape index (κ3) is 3.62. The second-order valence-corrected chi connectivity index (χ2v) is 9.33. The third-order valence-electron chi connectivity index (χ3n) is 7.39. The molecule has 2 heterocycles. The number of ether oxygens (including phenoxy) is 1. The van der Waals surface area contributed by atoms with Crippen molar-refractivity contribution < 1.29 is 19.0 Å². The minimum Gasteiger partial charge on any atom is -0.492 e. The average molecular weight is 455 g/mol. The lowest BCUT2D eigenvalue weighted by atomic mass is 9.98. The van der Waals surface area contributed by atoms with Crippen LogP contribution < -0.4 is 20.4 Å². The Bertz CT molecular complexity index is 1220. The molecule has 9 heteroatoms. The van der Waals surface area contributed by atoms with E-state index in [-0.39, 0.29) is 17.0 Å². The van der Waals surface area contributed by atoms with Gasteiger partial charge < -0.3 is 24.6 Å². The Balaban J connectivity index is 1.57. The van der Waals surface area contributed by atoms with Gasteiger partial charge in [-0.2, -0.15) is 5.26 Å². The first-order valence-electron chi connectivity index (χ1n) is 11.5. The van der Waals surface area contributed by atoms with Gasteiger partial charge in [0.2, 0.25) is 5.43 Å². The van der Waals surface area contributed by atoms with Crippen LogP contribution in [0.3, 0.4) is 0 Å². The number of fused-ring (bicyclic) bond motifs is 2. The number of hydrogen-bond acceptors (Lipinski definition) is 6. The molecule has 2 aromatic rings. The molecule has 0 amide bonds. The van der Waals surface area contributed by atoms with Gasteiger partial charge in [-0.15, -0.1) is 0 Å². The zero-order valence-corrected chi connectivity index (χ0v) is 18.5. The predicted molar refractivity (Wildman–Crippen MR) is 120 cm³/mol. The number of carboxylic acid groups (broad SMARTS) is 1. The molecule has 2 saturated carbocycles. The Morgan fingerprint density at radius 1 is 1.33 bits per heavy atom. The topological polar surface area (TPSA) is 108 Å². The average Bonchev–Trinajstić information content (AvgIpc) is 3.44. The van der Waals surface area contributed by atoms with Gasteiger partial charge in [0.25, 0.3) is 0 Å². The molecule has 1 aliphatic heterocycles. The van der Waals surface area contributed by atoms with E-state index in [1.807, 2.05) is 4.90 Å². The third-order valence-corrected chi connectivity index (χ3v) is 7.39. The van der Waals surface area contributed by atoms with Crippen LogP contribution in [-0.2, 0) is 0 Å². The molecule has 3 fully saturated rings. The van der Waals surface area contributed by atoms with Crippen LogP contribution in [0.5, 0.6) is 5.75 Å². The Labute approximate surface area is 190 Å². The molecular formula is C24H27FN4O4. The summed E-state index contributed by atoms with van der Waals surface area (Å²) in [6, 6.07) is 3.71. The maximum atomic E-state index is 15.5. The predicted octanol–water partition coefficient (Wildman–Crippen LogP) is 2.90. The second-order valence-electron chi connectivity index (χ2n) is 9.33. The number of pyridine rings is 1. The van der Waals surface area contributed by atoms with Gasteiger partial charge in [-0.05, 0) is 43.6 Å². The van der Waals surface area contributed by atoms with E-state index < -0.39 is 17.2 Å². The van der Waals surface area contributed by atoms with E-state index in [0.29, 0.717) is 60.9 Å². The van der Waals surface area contributed by atoms with Crippen molar-refractivity contribution in [2.45, 2.75) is 44.2 Å². The fourth-order valence-electron chi connectivity index (χ4n) is 5.74. The van der Waals surface area contributed by atoms with Gasteiger partial charge in [0.15, 0.2) is 11.6 Å². The maximum absolute atomic E-state index is 15.5. The van der Waals surface area contributed by atoms with Crippen molar-refractivity contribution in [1.29, 1.82) is 5.26 Å². The second kappa shape index (κ2) is 8.34. The highest BCUT2D eigenvalue weighted by atomic mass is 19.1. The van der Waals surface area contributed by atoms with E-state index in [1.54, 1.807) is 4.57 Å². The Morgan fingerprint density at radius 2 is 2.12 bits per heavy atom. The summed E-state index contributed by atoms with van der Waals surface area (Å²) in [6.45, 7) is 2.01. The number of halogens is 1. The van der Waals surface area contributed by atoms with Crippen LogP contribution in [0.2, 0.25) is 0 Å². The molecule has 1 aromatic heterocycles. The van der Waals surface area contributed by atoms with Crippen molar-refractivity contribution >= 4 is 22.6 Å². The van der Waals surface area contributed by atoms with Gasteiger partial charge >= 0.3 is 5.97 Å². The fourth-order valence-corrected chi connectivity index (χ4v) is 5.74. The number of nitrogens with zero attached hydrogens (tertiary/aromatic N) is 3. The summed E-state index contributed by atoms with van der Waals surface area (Å²) >= 11 is 0. The summed E-state index contributed by atoms with van der Waals surface area (Å²) in [5.74, 6) is -0.829. The van der Waals surface area contributed by atoms with Crippen molar-refractivity contribution in [3.63, 3.8) is 0 Å². The largest absolute Gasteiger partial charge is 0.492 e. The van der Waals surface area contributed by atoms with Crippen LogP contribution in [-0.4, -0.2) is 48.4 Å². The van der Waals surface area contributed by atoms with Gasteiger partial charge in [-0.3, -0.25) is 4.79 Å². The van der Waals surface area contributed by atoms with Crippen molar-refractivity contribution in [3.8, 4) is 11.8 Å². The number of anilines is 1. The summed E-state index contributed by atoms with van der Waals surface area (Å²) in [6.07, 6.45) is 5.67. The Kier molecular flexibility index (Phi) is 5.49. The summed E-state index contributed by atoms with van der Waals surface area (Å²) < 4.78 is 23.0. The van der Waals surface area contributed by atoms with Gasteiger partial charge in [0.1, 0.15) is 11.3 Å². The first kappa shape index (κ1) is 21.7. The quantitative estimate of drug-likeness (QED) is 0.620. The molecule has 0 spiro atoms. The van der Waals surface area contributed by atoms with Crippen molar-refractivity contribution in [2.24, 2.45) is 11.8 Å². The fraction of sp³-hybridized carbons (Fsp3) is 0.542. The molecule has 3 aliphatic rings. The van der Waals surface area contributed by atoms with Crippen molar-refractivity contribution in [1.82, 2.24) is 9.88 Å². The molecule has 1 aromatic carbocycles. The highest BCUT2D eigenvalue weighted by Crippen LogP contribution is 2.47. The van der Waals surface area contributed by atoms with Crippen LogP contribution in [0.1, 0.15) is 48.5 Å². The van der Waals surface area contributed by atoms with Crippen molar-refractivity contribution in [2.75, 3.05) is 31.6 Å². The minimum atomic E-state index is -1.32. The summed E-state index contributed by atoms with van der Waals surface area (Å²) in [5.41, 5.74) is -0.247. The molecule has 2 aliphatic carbocycles. The number of nitriles is 1. The zero-order chi connectivity index (χ0) is 23.3. The molecule has 0 bridgehead atoms. The minimum absolute atomic E-state index is 0.0373. The van der Waals surface area contributed by atoms with Gasteiger partial charge in [0.05, 0.1) is 24.1 Å². The molecule has 174 valence electrons.